The van der Waals surface area contributed by atoms with Crippen LogP contribution in [0.25, 0.3) is 0 Å². The van der Waals surface area contributed by atoms with Crippen LogP contribution < -0.4 is 10.1 Å². The molecule has 0 spiro atoms. The summed E-state index contributed by atoms with van der Waals surface area (Å²) in [7, 11) is 0. The second-order valence-corrected chi connectivity index (χ2v) is 4.78. The number of carboxylic acid groups (broad SMARTS) is 1. The number of benzene rings is 1. The van der Waals surface area contributed by atoms with Crippen molar-refractivity contribution in [2.45, 2.75) is 26.7 Å². The summed E-state index contributed by atoms with van der Waals surface area (Å²) in [6.07, 6.45) is 1.24. The minimum Gasteiger partial charge on any atom is -0.493 e. The molecule has 1 rings (SSSR count). The third-order valence-corrected chi connectivity index (χ3v) is 2.90. The Morgan fingerprint density at radius 1 is 1.48 bits per heavy atom. The lowest BCUT2D eigenvalue weighted by Gasteiger charge is -2.11. The fourth-order valence-electron chi connectivity index (χ4n) is 1.65. The average molecular weight is 296 g/mol. The minimum absolute atomic E-state index is 0.0580. The van der Waals surface area contributed by atoms with Gasteiger partial charge in [0.25, 0.3) is 5.69 Å². The van der Waals surface area contributed by atoms with Gasteiger partial charge in [0.2, 0.25) is 0 Å². The van der Waals surface area contributed by atoms with Gasteiger partial charge in [-0.15, -0.1) is 0 Å². The van der Waals surface area contributed by atoms with E-state index in [-0.39, 0.29) is 5.69 Å². The first-order valence-electron chi connectivity index (χ1n) is 6.83. The summed E-state index contributed by atoms with van der Waals surface area (Å²) in [4.78, 5) is 21.1. The minimum atomic E-state index is -0.859. The fraction of sp³-hybridized carbons (Fsp3) is 0.500. The molecule has 116 valence electrons. The lowest BCUT2D eigenvalue weighted by molar-refractivity contribution is -0.384. The Morgan fingerprint density at radius 2 is 2.19 bits per heavy atom. The van der Waals surface area contributed by atoms with Gasteiger partial charge in [-0.05, 0) is 12.8 Å². The van der Waals surface area contributed by atoms with Crippen molar-refractivity contribution in [2.24, 2.45) is 5.92 Å². The number of carbonyl (C=O) groups is 1. The number of nitrogens with one attached hydrogen (secondary N) is 1. The zero-order valence-electron chi connectivity index (χ0n) is 12.2. The van der Waals surface area contributed by atoms with E-state index in [2.05, 4.69) is 5.32 Å². The van der Waals surface area contributed by atoms with Crippen molar-refractivity contribution in [2.75, 3.05) is 18.5 Å². The zero-order valence-corrected chi connectivity index (χ0v) is 12.2. The number of hydrogen-bond donors (Lipinski definition) is 2. The normalized spacial score (nSPS) is 11.7. The van der Waals surface area contributed by atoms with Gasteiger partial charge >= 0.3 is 5.97 Å². The number of nitrogens with zero attached hydrogens (tertiary/aromatic N) is 1. The summed E-state index contributed by atoms with van der Waals surface area (Å²) in [5.41, 5.74) is 0.491. The van der Waals surface area contributed by atoms with Gasteiger partial charge in [-0.25, -0.2) is 0 Å². The van der Waals surface area contributed by atoms with E-state index in [0.29, 0.717) is 31.0 Å². The van der Waals surface area contributed by atoms with Crippen LogP contribution in [0, 0.1) is 16.0 Å². The lowest BCUT2D eigenvalue weighted by Crippen LogP contribution is -2.14. The molecule has 1 aromatic carbocycles. The number of carboxylic acids is 1. The van der Waals surface area contributed by atoms with E-state index in [4.69, 9.17) is 9.84 Å². The Labute approximate surface area is 123 Å². The van der Waals surface area contributed by atoms with Crippen LogP contribution in [0.2, 0.25) is 0 Å². The van der Waals surface area contributed by atoms with Crippen LogP contribution in [0.4, 0.5) is 11.4 Å². The number of non-ortho nitro benzene ring substituents is 1. The van der Waals surface area contributed by atoms with E-state index in [9.17, 15) is 14.9 Å². The summed E-state index contributed by atoms with van der Waals surface area (Å²) in [5.74, 6) is -0.894. The molecule has 0 aliphatic carbocycles. The van der Waals surface area contributed by atoms with Crippen LogP contribution >= 0.6 is 0 Å². The van der Waals surface area contributed by atoms with E-state index in [0.717, 1.165) is 6.42 Å². The van der Waals surface area contributed by atoms with Gasteiger partial charge in [0, 0.05) is 24.4 Å². The molecular formula is C14H20N2O5. The Bertz CT molecular complexity index is 504. The Morgan fingerprint density at radius 3 is 2.76 bits per heavy atom. The van der Waals surface area contributed by atoms with Crippen molar-refractivity contribution in [3.63, 3.8) is 0 Å². The maximum absolute atomic E-state index is 10.9. The molecule has 21 heavy (non-hydrogen) atoms. The molecule has 0 radical (unpaired) electrons. The predicted molar refractivity (Wildman–Crippen MR) is 78.8 cm³/mol. The fourth-order valence-corrected chi connectivity index (χ4v) is 1.65. The maximum Gasteiger partial charge on any atom is 0.306 e. The summed E-state index contributed by atoms with van der Waals surface area (Å²) < 4.78 is 5.41. The summed E-state index contributed by atoms with van der Waals surface area (Å²) in [6.45, 7) is 4.47. The molecule has 1 atom stereocenters. The first kappa shape index (κ1) is 16.7. The quantitative estimate of drug-likeness (QED) is 0.536. The molecule has 7 heteroatoms. The zero-order chi connectivity index (χ0) is 15.8. The smallest absolute Gasteiger partial charge is 0.306 e. The molecule has 0 aromatic heterocycles. The van der Waals surface area contributed by atoms with Gasteiger partial charge < -0.3 is 15.2 Å². The van der Waals surface area contributed by atoms with E-state index in [1.165, 1.54) is 12.1 Å². The van der Waals surface area contributed by atoms with Gasteiger partial charge in [-0.1, -0.05) is 13.8 Å². The first-order chi connectivity index (χ1) is 9.93. The van der Waals surface area contributed by atoms with Crippen molar-refractivity contribution in [3.05, 3.63) is 28.3 Å². The number of aliphatic carboxylic acids is 1. The highest BCUT2D eigenvalue weighted by Gasteiger charge is 2.12. The Hall–Kier alpha value is -2.31. The molecule has 0 aliphatic rings. The van der Waals surface area contributed by atoms with Crippen molar-refractivity contribution in [1.29, 1.82) is 0 Å². The van der Waals surface area contributed by atoms with Crippen LogP contribution in [-0.2, 0) is 4.79 Å². The number of rotatable bonds is 9. The highest BCUT2D eigenvalue weighted by atomic mass is 16.6. The molecule has 1 aromatic rings. The Kier molecular flexibility index (Phi) is 6.45. The van der Waals surface area contributed by atoms with Gasteiger partial charge in [-0.2, -0.15) is 0 Å². The van der Waals surface area contributed by atoms with Crippen LogP contribution in [0.5, 0.6) is 5.75 Å². The predicted octanol–water partition coefficient (Wildman–Crippen LogP) is 2.91. The highest BCUT2D eigenvalue weighted by molar-refractivity contribution is 5.69. The molecular weight excluding hydrogens is 276 g/mol. The molecule has 0 saturated heterocycles. The van der Waals surface area contributed by atoms with E-state index < -0.39 is 16.8 Å². The number of anilines is 1. The molecule has 7 nitrogen and oxygen atoms in total. The summed E-state index contributed by atoms with van der Waals surface area (Å²) >= 11 is 0. The number of nitro benzene ring substituents is 1. The van der Waals surface area contributed by atoms with Gasteiger partial charge in [0.05, 0.1) is 23.5 Å². The van der Waals surface area contributed by atoms with E-state index in [1.54, 1.807) is 13.0 Å². The first-order valence-corrected chi connectivity index (χ1v) is 6.83. The van der Waals surface area contributed by atoms with E-state index in [1.807, 2.05) is 6.92 Å². The number of hydrogen-bond acceptors (Lipinski definition) is 5. The molecule has 0 fully saturated rings. The molecule has 0 bridgehead atoms. The molecule has 1 unspecified atom stereocenters. The lowest BCUT2D eigenvalue weighted by atomic mass is 10.1. The summed E-state index contributed by atoms with van der Waals surface area (Å²) in [5, 5.41) is 22.7. The summed E-state index contributed by atoms with van der Waals surface area (Å²) in [6, 6.07) is 4.46. The largest absolute Gasteiger partial charge is 0.493 e. The van der Waals surface area contributed by atoms with Crippen molar-refractivity contribution in [3.8, 4) is 5.75 Å². The van der Waals surface area contributed by atoms with Crippen LogP contribution in [0.1, 0.15) is 26.7 Å². The van der Waals surface area contributed by atoms with Crippen molar-refractivity contribution in [1.82, 2.24) is 0 Å². The van der Waals surface area contributed by atoms with Crippen LogP contribution in [0.15, 0.2) is 18.2 Å². The molecule has 0 aliphatic heterocycles. The topological polar surface area (TPSA) is 102 Å². The molecule has 0 amide bonds. The van der Waals surface area contributed by atoms with Crippen LogP contribution in [0.3, 0.4) is 0 Å². The standard InChI is InChI=1S/C14H20N2O5/c1-3-6-21-13-8-11(7-12(9-13)16(19)20)15-5-4-10(2)14(17)18/h7-10,15H,3-6H2,1-2H3,(H,17,18). The van der Waals surface area contributed by atoms with E-state index >= 15 is 0 Å². The highest BCUT2D eigenvalue weighted by Crippen LogP contribution is 2.26. The van der Waals surface area contributed by atoms with Gasteiger partial charge in [0.15, 0.2) is 0 Å². The Balaban J connectivity index is 2.73. The van der Waals surface area contributed by atoms with Crippen molar-refractivity contribution >= 4 is 17.3 Å². The van der Waals surface area contributed by atoms with Gasteiger partial charge in [0.1, 0.15) is 5.75 Å². The third kappa shape index (κ3) is 5.68. The number of nitro groups is 1. The van der Waals surface area contributed by atoms with Crippen molar-refractivity contribution < 1.29 is 19.6 Å². The average Bonchev–Trinajstić information content (AvgIpc) is 2.44. The number of ether oxygens (including phenoxy) is 1. The molecule has 2 N–H and O–H groups in total. The maximum atomic E-state index is 10.9. The van der Waals surface area contributed by atoms with Gasteiger partial charge in [-0.3, -0.25) is 14.9 Å². The van der Waals surface area contributed by atoms with Crippen LogP contribution in [-0.4, -0.2) is 29.2 Å². The SMILES string of the molecule is CCCOc1cc(NCCC(C)C(=O)O)cc([N+](=O)[O-])c1. The molecule has 0 saturated carbocycles. The second-order valence-electron chi connectivity index (χ2n) is 4.78. The molecule has 0 heterocycles. The second kappa shape index (κ2) is 8.08. The monoisotopic (exact) mass is 296 g/mol. The third-order valence-electron chi connectivity index (χ3n) is 2.90.